The van der Waals surface area contributed by atoms with Gasteiger partial charge in [-0.15, -0.1) is 0 Å². The Morgan fingerprint density at radius 2 is 1.55 bits per heavy atom. The molecule has 1 unspecified atom stereocenters. The van der Waals surface area contributed by atoms with E-state index in [0.29, 0.717) is 11.1 Å². The standard InChI is InChI=1S/C17H19F2N/c1-10-5-6-13(7-11(10)2)17(20-4)14-8-12(3)15(18)9-16(14)19/h5-9,17,20H,1-4H3. The van der Waals surface area contributed by atoms with E-state index in [1.165, 1.54) is 5.56 Å². The molecule has 0 aliphatic heterocycles. The normalized spacial score (nSPS) is 12.5. The van der Waals surface area contributed by atoms with E-state index in [2.05, 4.69) is 5.32 Å². The van der Waals surface area contributed by atoms with Gasteiger partial charge in [-0.3, -0.25) is 0 Å². The first-order chi connectivity index (χ1) is 9.43. The van der Waals surface area contributed by atoms with Crippen molar-refractivity contribution in [3.63, 3.8) is 0 Å². The maximum Gasteiger partial charge on any atom is 0.131 e. The van der Waals surface area contributed by atoms with Crippen molar-refractivity contribution in [1.82, 2.24) is 5.32 Å². The van der Waals surface area contributed by atoms with Gasteiger partial charge in [-0.25, -0.2) is 8.78 Å². The summed E-state index contributed by atoms with van der Waals surface area (Å²) < 4.78 is 27.4. The highest BCUT2D eigenvalue weighted by atomic mass is 19.1. The lowest BCUT2D eigenvalue weighted by molar-refractivity contribution is 0.547. The molecule has 0 spiro atoms. The van der Waals surface area contributed by atoms with Gasteiger partial charge in [0.2, 0.25) is 0 Å². The van der Waals surface area contributed by atoms with Crippen LogP contribution in [0.3, 0.4) is 0 Å². The molecule has 1 atom stereocenters. The lowest BCUT2D eigenvalue weighted by Gasteiger charge is -2.20. The average Bonchev–Trinajstić information content (AvgIpc) is 2.40. The molecule has 0 bridgehead atoms. The highest BCUT2D eigenvalue weighted by Gasteiger charge is 2.18. The molecule has 20 heavy (non-hydrogen) atoms. The first-order valence-electron chi connectivity index (χ1n) is 6.64. The van der Waals surface area contributed by atoms with Gasteiger partial charge >= 0.3 is 0 Å². The number of halogens is 2. The van der Waals surface area contributed by atoms with Crippen LogP contribution < -0.4 is 5.32 Å². The monoisotopic (exact) mass is 275 g/mol. The lowest BCUT2D eigenvalue weighted by atomic mass is 9.94. The molecule has 0 amide bonds. The SMILES string of the molecule is CNC(c1ccc(C)c(C)c1)c1cc(C)c(F)cc1F. The Hall–Kier alpha value is -1.74. The van der Waals surface area contributed by atoms with Crippen LogP contribution in [-0.4, -0.2) is 7.05 Å². The van der Waals surface area contributed by atoms with Crippen LogP contribution in [-0.2, 0) is 0 Å². The van der Waals surface area contributed by atoms with Crippen LogP contribution >= 0.6 is 0 Å². The van der Waals surface area contributed by atoms with Gasteiger partial charge < -0.3 is 5.32 Å². The Balaban J connectivity index is 2.52. The third kappa shape index (κ3) is 2.73. The molecule has 2 aromatic rings. The number of aryl methyl sites for hydroxylation is 3. The largest absolute Gasteiger partial charge is 0.309 e. The molecule has 3 heteroatoms. The number of benzene rings is 2. The van der Waals surface area contributed by atoms with Gasteiger partial charge in [-0.2, -0.15) is 0 Å². The zero-order chi connectivity index (χ0) is 14.9. The Kier molecular flexibility index (Phi) is 4.19. The molecular weight excluding hydrogens is 256 g/mol. The summed E-state index contributed by atoms with van der Waals surface area (Å²) in [4.78, 5) is 0. The van der Waals surface area contributed by atoms with Crippen molar-refractivity contribution in [2.24, 2.45) is 0 Å². The molecule has 106 valence electrons. The zero-order valence-corrected chi connectivity index (χ0v) is 12.2. The molecule has 0 aliphatic carbocycles. The predicted octanol–water partition coefficient (Wildman–Crippen LogP) is 4.20. The fourth-order valence-electron chi connectivity index (χ4n) is 2.35. The molecule has 0 aromatic heterocycles. The minimum atomic E-state index is -0.523. The molecule has 0 saturated heterocycles. The second-order valence-corrected chi connectivity index (χ2v) is 5.19. The summed E-state index contributed by atoms with van der Waals surface area (Å²) in [5, 5.41) is 3.11. The Morgan fingerprint density at radius 1 is 0.850 bits per heavy atom. The minimum Gasteiger partial charge on any atom is -0.309 e. The van der Waals surface area contributed by atoms with Crippen molar-refractivity contribution >= 4 is 0 Å². The van der Waals surface area contributed by atoms with Crippen LogP contribution in [0.25, 0.3) is 0 Å². The van der Waals surface area contributed by atoms with E-state index in [4.69, 9.17) is 0 Å². The van der Waals surface area contributed by atoms with E-state index >= 15 is 0 Å². The summed E-state index contributed by atoms with van der Waals surface area (Å²) in [6.45, 7) is 5.71. The fourth-order valence-corrected chi connectivity index (χ4v) is 2.35. The topological polar surface area (TPSA) is 12.0 Å². The second kappa shape index (κ2) is 5.71. The number of hydrogen-bond acceptors (Lipinski definition) is 1. The molecule has 2 rings (SSSR count). The van der Waals surface area contributed by atoms with Crippen molar-refractivity contribution < 1.29 is 8.78 Å². The van der Waals surface area contributed by atoms with Crippen molar-refractivity contribution in [2.75, 3.05) is 7.05 Å². The number of hydrogen-bond donors (Lipinski definition) is 1. The van der Waals surface area contributed by atoms with Gasteiger partial charge in [-0.05, 0) is 56.1 Å². The summed E-state index contributed by atoms with van der Waals surface area (Å²) in [5.74, 6) is -1.04. The van der Waals surface area contributed by atoms with Gasteiger partial charge in [0.25, 0.3) is 0 Å². The Bertz CT molecular complexity index is 635. The Labute approximate surface area is 118 Å². The molecule has 1 N–H and O–H groups in total. The van der Waals surface area contributed by atoms with Gasteiger partial charge in [0.15, 0.2) is 0 Å². The van der Waals surface area contributed by atoms with Crippen molar-refractivity contribution in [3.8, 4) is 0 Å². The maximum atomic E-state index is 14.1. The first-order valence-corrected chi connectivity index (χ1v) is 6.64. The van der Waals surface area contributed by atoms with Crippen LogP contribution in [0.5, 0.6) is 0 Å². The third-order valence-electron chi connectivity index (χ3n) is 3.74. The predicted molar refractivity (Wildman–Crippen MR) is 77.9 cm³/mol. The van der Waals surface area contributed by atoms with Crippen LogP contribution in [0.2, 0.25) is 0 Å². The van der Waals surface area contributed by atoms with Gasteiger partial charge in [0.05, 0.1) is 6.04 Å². The molecule has 0 fully saturated rings. The number of nitrogens with one attached hydrogen (secondary N) is 1. The average molecular weight is 275 g/mol. The molecule has 0 radical (unpaired) electrons. The van der Waals surface area contributed by atoms with Gasteiger partial charge in [0.1, 0.15) is 11.6 Å². The molecule has 0 saturated carbocycles. The molecule has 0 heterocycles. The summed E-state index contributed by atoms with van der Waals surface area (Å²) in [6.07, 6.45) is 0. The first kappa shape index (κ1) is 14.7. The van der Waals surface area contributed by atoms with E-state index in [-0.39, 0.29) is 6.04 Å². The molecule has 0 aliphatic rings. The summed E-state index contributed by atoms with van der Waals surface area (Å²) in [7, 11) is 1.78. The van der Waals surface area contributed by atoms with Crippen LogP contribution in [0.1, 0.15) is 33.9 Å². The van der Waals surface area contributed by atoms with Crippen molar-refractivity contribution in [2.45, 2.75) is 26.8 Å². The van der Waals surface area contributed by atoms with E-state index in [0.717, 1.165) is 17.2 Å². The summed E-state index contributed by atoms with van der Waals surface area (Å²) >= 11 is 0. The summed E-state index contributed by atoms with van der Waals surface area (Å²) in [5.41, 5.74) is 4.24. The second-order valence-electron chi connectivity index (χ2n) is 5.19. The van der Waals surface area contributed by atoms with Crippen LogP contribution in [0, 0.1) is 32.4 Å². The lowest BCUT2D eigenvalue weighted by Crippen LogP contribution is -2.19. The van der Waals surface area contributed by atoms with E-state index in [1.54, 1.807) is 20.0 Å². The summed E-state index contributed by atoms with van der Waals surface area (Å²) in [6, 6.07) is 8.27. The van der Waals surface area contributed by atoms with Crippen molar-refractivity contribution in [1.29, 1.82) is 0 Å². The van der Waals surface area contributed by atoms with Gasteiger partial charge in [-0.1, -0.05) is 18.2 Å². The van der Waals surface area contributed by atoms with Gasteiger partial charge in [0, 0.05) is 11.6 Å². The van der Waals surface area contributed by atoms with E-state index < -0.39 is 11.6 Å². The van der Waals surface area contributed by atoms with E-state index in [1.807, 2.05) is 32.0 Å². The highest BCUT2D eigenvalue weighted by molar-refractivity contribution is 5.39. The molecular formula is C17H19F2N. The zero-order valence-electron chi connectivity index (χ0n) is 12.2. The minimum absolute atomic E-state index is 0.284. The maximum absolute atomic E-state index is 14.1. The van der Waals surface area contributed by atoms with Crippen LogP contribution in [0.15, 0.2) is 30.3 Å². The Morgan fingerprint density at radius 3 is 2.15 bits per heavy atom. The quantitative estimate of drug-likeness (QED) is 0.885. The van der Waals surface area contributed by atoms with E-state index in [9.17, 15) is 8.78 Å². The number of rotatable bonds is 3. The van der Waals surface area contributed by atoms with Crippen molar-refractivity contribution in [3.05, 3.63) is 69.8 Å². The molecule has 1 nitrogen and oxygen atoms in total. The van der Waals surface area contributed by atoms with Crippen LogP contribution in [0.4, 0.5) is 8.78 Å². The smallest absolute Gasteiger partial charge is 0.131 e. The third-order valence-corrected chi connectivity index (χ3v) is 3.74. The fraction of sp³-hybridized carbons (Fsp3) is 0.294. The molecule has 2 aromatic carbocycles. The highest BCUT2D eigenvalue weighted by Crippen LogP contribution is 2.27.